The SMILES string of the molecule is CCC/C=C/CCCCCCCCCCO[C@@H]1[C@H]([C@@H](O)CO)OC[C@H]1O. The molecule has 1 saturated heterocycles. The minimum atomic E-state index is -1.00. The van der Waals surface area contributed by atoms with E-state index in [-0.39, 0.29) is 13.2 Å². The molecule has 0 bridgehead atoms. The number of aliphatic hydroxyl groups excluding tert-OH is 3. The van der Waals surface area contributed by atoms with Gasteiger partial charge in [0.2, 0.25) is 0 Å². The molecule has 3 N–H and O–H groups in total. The van der Waals surface area contributed by atoms with Gasteiger partial charge in [0.1, 0.15) is 24.4 Å². The number of allylic oxidation sites excluding steroid dienone is 2. The summed E-state index contributed by atoms with van der Waals surface area (Å²) in [5, 5.41) is 28.6. The Morgan fingerprint density at radius 1 is 1.00 bits per heavy atom. The van der Waals surface area contributed by atoms with E-state index in [2.05, 4.69) is 19.1 Å². The van der Waals surface area contributed by atoms with Crippen LogP contribution in [0.15, 0.2) is 12.2 Å². The van der Waals surface area contributed by atoms with E-state index in [1.165, 1.54) is 57.8 Å². The molecule has 0 aromatic rings. The minimum absolute atomic E-state index is 0.154. The Bertz CT molecular complexity index is 347. The van der Waals surface area contributed by atoms with Gasteiger partial charge in [-0.05, 0) is 25.7 Å². The maximum atomic E-state index is 9.86. The van der Waals surface area contributed by atoms with Gasteiger partial charge in [-0.3, -0.25) is 0 Å². The molecule has 154 valence electrons. The largest absolute Gasteiger partial charge is 0.394 e. The molecular weight excluding hydrogens is 332 g/mol. The molecule has 0 saturated carbocycles. The molecule has 0 radical (unpaired) electrons. The first kappa shape index (κ1) is 23.6. The van der Waals surface area contributed by atoms with Crippen LogP contribution in [0.1, 0.15) is 77.6 Å². The fourth-order valence-electron chi connectivity index (χ4n) is 3.30. The van der Waals surface area contributed by atoms with Crippen LogP contribution in [0.4, 0.5) is 0 Å². The summed E-state index contributed by atoms with van der Waals surface area (Å²) in [6.45, 7) is 2.54. The molecule has 0 aliphatic carbocycles. The molecule has 1 rings (SSSR count). The van der Waals surface area contributed by atoms with E-state index in [9.17, 15) is 10.2 Å². The maximum Gasteiger partial charge on any atom is 0.114 e. The monoisotopic (exact) mass is 372 g/mol. The Labute approximate surface area is 159 Å². The molecule has 4 atom stereocenters. The van der Waals surface area contributed by atoms with Crippen molar-refractivity contribution in [1.82, 2.24) is 0 Å². The zero-order valence-corrected chi connectivity index (χ0v) is 16.5. The Kier molecular flexibility index (Phi) is 14.1. The summed E-state index contributed by atoms with van der Waals surface area (Å²) in [4.78, 5) is 0. The Morgan fingerprint density at radius 2 is 1.62 bits per heavy atom. The highest BCUT2D eigenvalue weighted by atomic mass is 16.6. The van der Waals surface area contributed by atoms with Crippen LogP contribution in [0.2, 0.25) is 0 Å². The van der Waals surface area contributed by atoms with Crippen molar-refractivity contribution in [3.8, 4) is 0 Å². The third-order valence-electron chi connectivity index (χ3n) is 4.93. The summed E-state index contributed by atoms with van der Waals surface area (Å²) >= 11 is 0. The molecule has 0 unspecified atom stereocenters. The fraction of sp³-hybridized carbons (Fsp3) is 0.905. The highest BCUT2D eigenvalue weighted by Crippen LogP contribution is 2.21. The quantitative estimate of drug-likeness (QED) is 0.286. The van der Waals surface area contributed by atoms with Crippen molar-refractivity contribution >= 4 is 0 Å². The van der Waals surface area contributed by atoms with E-state index in [0.29, 0.717) is 6.61 Å². The molecule has 0 aromatic heterocycles. The van der Waals surface area contributed by atoms with Crippen molar-refractivity contribution in [3.63, 3.8) is 0 Å². The van der Waals surface area contributed by atoms with Gasteiger partial charge in [-0.25, -0.2) is 0 Å². The molecule has 5 heteroatoms. The molecule has 26 heavy (non-hydrogen) atoms. The van der Waals surface area contributed by atoms with Crippen molar-refractivity contribution in [1.29, 1.82) is 0 Å². The minimum Gasteiger partial charge on any atom is -0.394 e. The molecule has 5 nitrogen and oxygen atoms in total. The lowest BCUT2D eigenvalue weighted by molar-refractivity contribution is -0.0938. The van der Waals surface area contributed by atoms with E-state index >= 15 is 0 Å². The number of hydrogen-bond donors (Lipinski definition) is 3. The van der Waals surface area contributed by atoms with E-state index in [0.717, 1.165) is 12.8 Å². The molecular formula is C21H40O5. The lowest BCUT2D eigenvalue weighted by atomic mass is 10.1. The average Bonchev–Trinajstić information content (AvgIpc) is 3.02. The molecule has 1 heterocycles. The van der Waals surface area contributed by atoms with Crippen molar-refractivity contribution in [2.45, 2.75) is 102 Å². The number of unbranched alkanes of at least 4 members (excludes halogenated alkanes) is 9. The Balaban J connectivity index is 1.91. The lowest BCUT2D eigenvalue weighted by Crippen LogP contribution is -2.42. The zero-order chi connectivity index (χ0) is 19.0. The molecule has 0 aromatic carbocycles. The van der Waals surface area contributed by atoms with Crippen molar-refractivity contribution in [2.24, 2.45) is 0 Å². The second kappa shape index (κ2) is 15.6. The number of hydrogen-bond acceptors (Lipinski definition) is 5. The zero-order valence-electron chi connectivity index (χ0n) is 16.5. The molecule has 0 spiro atoms. The topological polar surface area (TPSA) is 79.2 Å². The van der Waals surface area contributed by atoms with Gasteiger partial charge in [0.05, 0.1) is 13.2 Å². The third kappa shape index (κ3) is 10.0. The standard InChI is InChI=1S/C21H40O5/c1-2-3-4-5-6-7-8-9-10-11-12-13-14-15-25-21-19(24)17-26-20(21)18(23)16-22/h4-5,18-24H,2-3,6-17H2,1H3/b5-4+/t18-,19+,20-,21-/m0/s1. The Morgan fingerprint density at radius 3 is 2.27 bits per heavy atom. The summed E-state index contributed by atoms with van der Waals surface area (Å²) < 4.78 is 11.0. The smallest absolute Gasteiger partial charge is 0.114 e. The predicted octanol–water partition coefficient (Wildman–Crippen LogP) is 3.35. The first-order valence-corrected chi connectivity index (χ1v) is 10.6. The van der Waals surface area contributed by atoms with Gasteiger partial charge in [-0.2, -0.15) is 0 Å². The van der Waals surface area contributed by atoms with Crippen molar-refractivity contribution in [2.75, 3.05) is 19.8 Å². The summed E-state index contributed by atoms with van der Waals surface area (Å²) in [6.07, 6.45) is 15.2. The van der Waals surface area contributed by atoms with E-state index in [1.54, 1.807) is 0 Å². The van der Waals surface area contributed by atoms with Gasteiger partial charge in [0, 0.05) is 6.61 Å². The first-order valence-electron chi connectivity index (χ1n) is 10.6. The van der Waals surface area contributed by atoms with Crippen molar-refractivity contribution in [3.05, 3.63) is 12.2 Å². The van der Waals surface area contributed by atoms with Crippen molar-refractivity contribution < 1.29 is 24.8 Å². The van der Waals surface area contributed by atoms with Crippen LogP contribution in [0.25, 0.3) is 0 Å². The van der Waals surface area contributed by atoms with Crippen LogP contribution in [-0.2, 0) is 9.47 Å². The highest BCUT2D eigenvalue weighted by molar-refractivity contribution is 4.89. The van der Waals surface area contributed by atoms with Gasteiger partial charge >= 0.3 is 0 Å². The summed E-state index contributed by atoms with van der Waals surface area (Å²) in [7, 11) is 0. The van der Waals surface area contributed by atoms with E-state index in [4.69, 9.17) is 14.6 Å². The van der Waals surface area contributed by atoms with E-state index in [1.807, 2.05) is 0 Å². The van der Waals surface area contributed by atoms with E-state index < -0.39 is 24.4 Å². The molecule has 0 amide bonds. The summed E-state index contributed by atoms with van der Waals surface area (Å²) in [5.41, 5.74) is 0. The van der Waals surface area contributed by atoms with Crippen LogP contribution < -0.4 is 0 Å². The Hall–Kier alpha value is -0.460. The van der Waals surface area contributed by atoms with Gasteiger partial charge in [0.15, 0.2) is 0 Å². The average molecular weight is 373 g/mol. The predicted molar refractivity (Wildman–Crippen MR) is 104 cm³/mol. The second-order valence-corrected chi connectivity index (χ2v) is 7.33. The third-order valence-corrected chi connectivity index (χ3v) is 4.93. The van der Waals surface area contributed by atoms with Crippen LogP contribution in [0.3, 0.4) is 0 Å². The van der Waals surface area contributed by atoms with Gasteiger partial charge < -0.3 is 24.8 Å². The number of ether oxygens (including phenoxy) is 2. The number of aliphatic hydroxyl groups is 3. The fourth-order valence-corrected chi connectivity index (χ4v) is 3.30. The number of rotatable bonds is 16. The van der Waals surface area contributed by atoms with Gasteiger partial charge in [-0.1, -0.05) is 64.0 Å². The maximum absolute atomic E-state index is 9.86. The summed E-state index contributed by atoms with van der Waals surface area (Å²) in [5.74, 6) is 0. The summed E-state index contributed by atoms with van der Waals surface area (Å²) in [6, 6.07) is 0. The molecule has 1 fully saturated rings. The van der Waals surface area contributed by atoms with Gasteiger partial charge in [0.25, 0.3) is 0 Å². The van der Waals surface area contributed by atoms with Crippen LogP contribution in [-0.4, -0.2) is 59.6 Å². The molecule has 1 aliphatic rings. The second-order valence-electron chi connectivity index (χ2n) is 7.33. The van der Waals surface area contributed by atoms with Crippen LogP contribution >= 0.6 is 0 Å². The highest BCUT2D eigenvalue weighted by Gasteiger charge is 2.40. The van der Waals surface area contributed by atoms with Gasteiger partial charge in [-0.15, -0.1) is 0 Å². The van der Waals surface area contributed by atoms with Crippen LogP contribution in [0, 0.1) is 0 Å². The van der Waals surface area contributed by atoms with Crippen LogP contribution in [0.5, 0.6) is 0 Å². The lowest BCUT2D eigenvalue weighted by Gasteiger charge is -2.23. The molecule has 1 aliphatic heterocycles. The normalized spacial score (nSPS) is 24.5. The first-order chi connectivity index (χ1) is 12.7.